The van der Waals surface area contributed by atoms with E-state index >= 15 is 0 Å². The van der Waals surface area contributed by atoms with Crippen LogP contribution in [0.2, 0.25) is 0 Å². The molecule has 0 aliphatic rings. The lowest BCUT2D eigenvalue weighted by atomic mass is 10.4. The molecule has 1 aromatic heterocycles. The lowest BCUT2D eigenvalue weighted by Crippen LogP contribution is -2.16. The fourth-order valence-corrected chi connectivity index (χ4v) is 1.98. The van der Waals surface area contributed by atoms with E-state index < -0.39 is 0 Å². The summed E-state index contributed by atoms with van der Waals surface area (Å²) in [6.45, 7) is 9.69. The number of aryl methyl sites for hydroxylation is 2. The number of nitrogens with zero attached hydrogens (tertiary/aromatic N) is 1. The predicted octanol–water partition coefficient (Wildman–Crippen LogP) is 2.08. The molecule has 0 spiro atoms. The van der Waals surface area contributed by atoms with Gasteiger partial charge in [-0.15, -0.1) is 17.9 Å². The quantitative estimate of drug-likeness (QED) is 0.576. The standard InChI is InChI=1S/C10H16N2S/c1-4-6-11-7-5-10-12-8(2)9(3)13-10/h4,11H,1,5-7H2,2-3H3. The Bertz CT molecular complexity index is 259. The van der Waals surface area contributed by atoms with Crippen molar-refractivity contribution in [3.05, 3.63) is 28.2 Å². The lowest BCUT2D eigenvalue weighted by molar-refractivity contribution is 0.741. The highest BCUT2D eigenvalue weighted by molar-refractivity contribution is 7.11. The van der Waals surface area contributed by atoms with Gasteiger partial charge in [0.25, 0.3) is 0 Å². The minimum Gasteiger partial charge on any atom is -0.313 e. The molecule has 0 aliphatic heterocycles. The van der Waals surface area contributed by atoms with Crippen LogP contribution in [0.1, 0.15) is 15.6 Å². The first kappa shape index (κ1) is 10.4. The third-order valence-electron chi connectivity index (χ3n) is 1.88. The summed E-state index contributed by atoms with van der Waals surface area (Å²) >= 11 is 1.80. The van der Waals surface area contributed by atoms with Gasteiger partial charge < -0.3 is 5.32 Å². The fourth-order valence-electron chi connectivity index (χ4n) is 1.05. The van der Waals surface area contributed by atoms with E-state index in [-0.39, 0.29) is 0 Å². The second-order valence-corrected chi connectivity index (χ2v) is 4.28. The molecule has 1 rings (SSSR count). The van der Waals surface area contributed by atoms with Gasteiger partial charge >= 0.3 is 0 Å². The molecule has 0 aromatic carbocycles. The molecule has 72 valence electrons. The Balaban J connectivity index is 2.32. The van der Waals surface area contributed by atoms with Gasteiger partial charge in [-0.1, -0.05) is 6.08 Å². The molecular weight excluding hydrogens is 180 g/mol. The first-order valence-corrected chi connectivity index (χ1v) is 5.30. The molecule has 1 N–H and O–H groups in total. The van der Waals surface area contributed by atoms with Crippen LogP contribution < -0.4 is 5.32 Å². The van der Waals surface area contributed by atoms with Crippen LogP contribution in [-0.2, 0) is 6.42 Å². The molecule has 1 aromatic rings. The van der Waals surface area contributed by atoms with Gasteiger partial charge in [-0.25, -0.2) is 4.98 Å². The van der Waals surface area contributed by atoms with Crippen molar-refractivity contribution in [1.82, 2.24) is 10.3 Å². The molecule has 0 fully saturated rings. The van der Waals surface area contributed by atoms with Crippen molar-refractivity contribution in [3.63, 3.8) is 0 Å². The van der Waals surface area contributed by atoms with Crippen LogP contribution in [0.5, 0.6) is 0 Å². The summed E-state index contributed by atoms with van der Waals surface area (Å²) in [6, 6.07) is 0. The van der Waals surface area contributed by atoms with E-state index in [0.29, 0.717) is 0 Å². The highest BCUT2D eigenvalue weighted by Gasteiger charge is 2.01. The summed E-state index contributed by atoms with van der Waals surface area (Å²) in [7, 11) is 0. The molecule has 0 bridgehead atoms. The Kier molecular flexibility index (Phi) is 4.12. The van der Waals surface area contributed by atoms with Crippen molar-refractivity contribution in [1.29, 1.82) is 0 Å². The van der Waals surface area contributed by atoms with Gasteiger partial charge in [-0.05, 0) is 13.8 Å². The Hall–Kier alpha value is -0.670. The number of hydrogen-bond donors (Lipinski definition) is 1. The normalized spacial score (nSPS) is 10.3. The number of rotatable bonds is 5. The topological polar surface area (TPSA) is 24.9 Å². The molecule has 1 heterocycles. The maximum Gasteiger partial charge on any atom is 0.0943 e. The Morgan fingerprint density at radius 3 is 2.85 bits per heavy atom. The van der Waals surface area contributed by atoms with Gasteiger partial charge in [0.15, 0.2) is 0 Å². The lowest BCUT2D eigenvalue weighted by Gasteiger charge is -1.97. The second kappa shape index (κ2) is 5.14. The number of aromatic nitrogens is 1. The largest absolute Gasteiger partial charge is 0.313 e. The van der Waals surface area contributed by atoms with E-state index in [1.165, 1.54) is 15.6 Å². The summed E-state index contributed by atoms with van der Waals surface area (Å²) in [5, 5.41) is 4.49. The number of thiazole rings is 1. The molecule has 0 radical (unpaired) electrons. The first-order chi connectivity index (χ1) is 6.24. The third kappa shape index (κ3) is 3.28. The summed E-state index contributed by atoms with van der Waals surface area (Å²) in [4.78, 5) is 5.79. The van der Waals surface area contributed by atoms with E-state index in [4.69, 9.17) is 0 Å². The maximum absolute atomic E-state index is 4.46. The average Bonchev–Trinajstić information content (AvgIpc) is 2.41. The van der Waals surface area contributed by atoms with Crippen LogP contribution in [0, 0.1) is 13.8 Å². The van der Waals surface area contributed by atoms with Crippen molar-refractivity contribution in [2.24, 2.45) is 0 Å². The van der Waals surface area contributed by atoms with Crippen LogP contribution in [-0.4, -0.2) is 18.1 Å². The first-order valence-electron chi connectivity index (χ1n) is 4.48. The van der Waals surface area contributed by atoms with E-state index in [1.807, 2.05) is 6.08 Å². The van der Waals surface area contributed by atoms with Gasteiger partial charge in [0, 0.05) is 24.4 Å². The molecule has 0 atom stereocenters. The number of hydrogen-bond acceptors (Lipinski definition) is 3. The predicted molar refractivity (Wildman–Crippen MR) is 58.4 cm³/mol. The SMILES string of the molecule is C=CCNCCc1nc(C)c(C)s1. The van der Waals surface area contributed by atoms with Crippen molar-refractivity contribution in [2.45, 2.75) is 20.3 Å². The highest BCUT2D eigenvalue weighted by atomic mass is 32.1. The second-order valence-electron chi connectivity index (χ2n) is 2.99. The average molecular weight is 196 g/mol. The monoisotopic (exact) mass is 196 g/mol. The molecular formula is C10H16N2S. The van der Waals surface area contributed by atoms with E-state index in [9.17, 15) is 0 Å². The van der Waals surface area contributed by atoms with Crippen LogP contribution in [0.15, 0.2) is 12.7 Å². The fraction of sp³-hybridized carbons (Fsp3) is 0.500. The van der Waals surface area contributed by atoms with Crippen molar-refractivity contribution < 1.29 is 0 Å². The van der Waals surface area contributed by atoms with E-state index in [0.717, 1.165) is 19.5 Å². The maximum atomic E-state index is 4.46. The molecule has 0 aliphatic carbocycles. The van der Waals surface area contributed by atoms with Crippen molar-refractivity contribution in [3.8, 4) is 0 Å². The van der Waals surface area contributed by atoms with Crippen LogP contribution >= 0.6 is 11.3 Å². The third-order valence-corrected chi connectivity index (χ3v) is 3.01. The zero-order valence-electron chi connectivity index (χ0n) is 8.26. The Labute approximate surface area is 83.7 Å². The highest BCUT2D eigenvalue weighted by Crippen LogP contribution is 2.16. The van der Waals surface area contributed by atoms with Gasteiger partial charge in [0.1, 0.15) is 0 Å². The van der Waals surface area contributed by atoms with Crippen molar-refractivity contribution in [2.75, 3.05) is 13.1 Å². The summed E-state index contributed by atoms with van der Waals surface area (Å²) in [5.41, 5.74) is 1.17. The smallest absolute Gasteiger partial charge is 0.0943 e. The minimum absolute atomic E-state index is 0.878. The Morgan fingerprint density at radius 1 is 1.54 bits per heavy atom. The molecule has 0 amide bonds. The van der Waals surface area contributed by atoms with Crippen LogP contribution in [0.3, 0.4) is 0 Å². The summed E-state index contributed by atoms with van der Waals surface area (Å²) in [5.74, 6) is 0. The van der Waals surface area contributed by atoms with Gasteiger partial charge in [-0.3, -0.25) is 0 Å². The van der Waals surface area contributed by atoms with Crippen LogP contribution in [0.4, 0.5) is 0 Å². The molecule has 0 unspecified atom stereocenters. The van der Waals surface area contributed by atoms with Crippen molar-refractivity contribution >= 4 is 11.3 Å². The molecule has 0 saturated heterocycles. The van der Waals surface area contributed by atoms with Gasteiger partial charge in [0.2, 0.25) is 0 Å². The van der Waals surface area contributed by atoms with Gasteiger partial charge in [0.05, 0.1) is 10.7 Å². The summed E-state index contributed by atoms with van der Waals surface area (Å²) in [6.07, 6.45) is 2.89. The minimum atomic E-state index is 0.878. The van der Waals surface area contributed by atoms with Crippen LogP contribution in [0.25, 0.3) is 0 Å². The zero-order chi connectivity index (χ0) is 9.68. The zero-order valence-corrected chi connectivity index (χ0v) is 9.08. The Morgan fingerprint density at radius 2 is 2.31 bits per heavy atom. The van der Waals surface area contributed by atoms with Gasteiger partial charge in [-0.2, -0.15) is 0 Å². The van der Waals surface area contributed by atoms with E-state index in [1.54, 1.807) is 11.3 Å². The molecule has 3 heteroatoms. The van der Waals surface area contributed by atoms with E-state index in [2.05, 4.69) is 30.7 Å². The molecule has 0 saturated carbocycles. The summed E-state index contributed by atoms with van der Waals surface area (Å²) < 4.78 is 0. The molecule has 2 nitrogen and oxygen atoms in total. The molecule has 13 heavy (non-hydrogen) atoms. The number of nitrogens with one attached hydrogen (secondary N) is 1.